The maximum absolute atomic E-state index is 9.01. The quantitative estimate of drug-likeness (QED) is 0.555. The van der Waals surface area contributed by atoms with Crippen LogP contribution in [-0.2, 0) is 0 Å². The van der Waals surface area contributed by atoms with Crippen LogP contribution in [0.15, 0.2) is 12.1 Å². The van der Waals surface area contributed by atoms with E-state index in [1.54, 1.807) is 6.07 Å². The zero-order valence-electron chi connectivity index (χ0n) is 5.60. The molecule has 1 nitrogen and oxygen atoms in total. The van der Waals surface area contributed by atoms with Crippen LogP contribution in [0, 0.1) is 19.9 Å². The molecule has 0 heterocycles. The largest absolute Gasteiger partial charge is 0.508 e. The molecule has 0 saturated carbocycles. The molecule has 0 bridgehead atoms. The first-order valence-electron chi connectivity index (χ1n) is 2.88. The van der Waals surface area contributed by atoms with Crippen LogP contribution < -0.4 is 0 Å². The van der Waals surface area contributed by atoms with Gasteiger partial charge in [0.1, 0.15) is 5.75 Å². The minimum Gasteiger partial charge on any atom is -0.508 e. The van der Waals surface area contributed by atoms with Gasteiger partial charge in [-0.25, -0.2) is 0 Å². The summed E-state index contributed by atoms with van der Waals surface area (Å²) in [6, 6.07) is 6.38. The van der Waals surface area contributed by atoms with Crippen molar-refractivity contribution < 1.29 is 5.11 Å². The highest BCUT2D eigenvalue weighted by Gasteiger charge is 1.92. The van der Waals surface area contributed by atoms with Crippen LogP contribution in [0.2, 0.25) is 0 Å². The van der Waals surface area contributed by atoms with Crippen molar-refractivity contribution in [2.75, 3.05) is 0 Å². The molecule has 1 N–H and O–H groups in total. The SMILES string of the molecule is Cc1[c]cc(O)c(C)c1. The van der Waals surface area contributed by atoms with Gasteiger partial charge in [-0.05, 0) is 37.1 Å². The topological polar surface area (TPSA) is 20.2 Å². The van der Waals surface area contributed by atoms with Crippen molar-refractivity contribution in [1.82, 2.24) is 0 Å². The van der Waals surface area contributed by atoms with Gasteiger partial charge >= 0.3 is 0 Å². The minimum atomic E-state index is 0.320. The highest BCUT2D eigenvalue weighted by molar-refractivity contribution is 5.33. The Bertz CT molecular complexity index is 216. The van der Waals surface area contributed by atoms with Crippen molar-refractivity contribution in [2.24, 2.45) is 0 Å². The Morgan fingerprint density at radius 1 is 1.44 bits per heavy atom. The molecule has 0 spiro atoms. The summed E-state index contributed by atoms with van der Waals surface area (Å²) in [5.41, 5.74) is 1.97. The van der Waals surface area contributed by atoms with Crippen molar-refractivity contribution in [2.45, 2.75) is 13.8 Å². The molecule has 0 aliphatic carbocycles. The number of aryl methyl sites for hydroxylation is 2. The zero-order valence-corrected chi connectivity index (χ0v) is 5.60. The van der Waals surface area contributed by atoms with Gasteiger partial charge in [0.25, 0.3) is 0 Å². The zero-order chi connectivity index (χ0) is 6.85. The second-order valence-electron chi connectivity index (χ2n) is 2.18. The second-order valence-corrected chi connectivity index (χ2v) is 2.18. The average molecular weight is 121 g/mol. The number of aromatic hydroxyl groups is 1. The molecule has 0 aromatic heterocycles. The minimum absolute atomic E-state index is 0.320. The lowest BCUT2D eigenvalue weighted by atomic mass is 10.1. The van der Waals surface area contributed by atoms with Crippen molar-refractivity contribution >= 4 is 0 Å². The van der Waals surface area contributed by atoms with Gasteiger partial charge < -0.3 is 5.11 Å². The first-order chi connectivity index (χ1) is 4.20. The molecule has 9 heavy (non-hydrogen) atoms. The van der Waals surface area contributed by atoms with Gasteiger partial charge in [0.05, 0.1) is 0 Å². The van der Waals surface area contributed by atoms with Gasteiger partial charge in [0.15, 0.2) is 0 Å². The van der Waals surface area contributed by atoms with E-state index in [1.807, 2.05) is 19.9 Å². The summed E-state index contributed by atoms with van der Waals surface area (Å²) in [7, 11) is 0. The fourth-order valence-corrected chi connectivity index (χ4v) is 0.736. The third-order valence-electron chi connectivity index (χ3n) is 1.27. The van der Waals surface area contributed by atoms with E-state index in [1.165, 1.54) is 0 Å². The van der Waals surface area contributed by atoms with Gasteiger partial charge in [0.2, 0.25) is 0 Å². The number of phenols is 1. The Kier molecular flexibility index (Phi) is 1.43. The standard InChI is InChI=1S/C8H9O/c1-6-3-4-8(9)7(2)5-6/h4-5,9H,1-2H3. The summed E-state index contributed by atoms with van der Waals surface area (Å²) in [5.74, 6) is 0.320. The van der Waals surface area contributed by atoms with E-state index >= 15 is 0 Å². The number of phenolic OH excluding ortho intramolecular Hbond substituents is 1. The third kappa shape index (κ3) is 1.22. The van der Waals surface area contributed by atoms with Gasteiger partial charge in [-0.2, -0.15) is 0 Å². The summed E-state index contributed by atoms with van der Waals surface area (Å²) >= 11 is 0. The summed E-state index contributed by atoms with van der Waals surface area (Å²) in [4.78, 5) is 0. The van der Waals surface area contributed by atoms with Crippen LogP contribution in [0.25, 0.3) is 0 Å². The molecular weight excluding hydrogens is 112 g/mol. The van der Waals surface area contributed by atoms with E-state index in [4.69, 9.17) is 5.11 Å². The predicted octanol–water partition coefficient (Wildman–Crippen LogP) is 1.81. The maximum atomic E-state index is 9.01. The van der Waals surface area contributed by atoms with Gasteiger partial charge in [-0.1, -0.05) is 6.07 Å². The smallest absolute Gasteiger partial charge is 0.119 e. The monoisotopic (exact) mass is 121 g/mol. The fourth-order valence-electron chi connectivity index (χ4n) is 0.736. The molecule has 0 saturated heterocycles. The molecule has 1 aromatic carbocycles. The molecule has 1 radical (unpaired) electrons. The third-order valence-corrected chi connectivity index (χ3v) is 1.27. The highest BCUT2D eigenvalue weighted by Crippen LogP contribution is 2.15. The Hall–Kier alpha value is -0.980. The van der Waals surface area contributed by atoms with E-state index in [0.29, 0.717) is 5.75 Å². The predicted molar refractivity (Wildman–Crippen MR) is 36.4 cm³/mol. The van der Waals surface area contributed by atoms with E-state index in [-0.39, 0.29) is 0 Å². The van der Waals surface area contributed by atoms with Crippen LogP contribution in [0.5, 0.6) is 5.75 Å². The maximum Gasteiger partial charge on any atom is 0.119 e. The van der Waals surface area contributed by atoms with Crippen molar-refractivity contribution in [3.8, 4) is 5.75 Å². The first kappa shape index (κ1) is 6.14. The van der Waals surface area contributed by atoms with Crippen LogP contribution in [-0.4, -0.2) is 5.11 Å². The molecule has 0 aliphatic heterocycles. The molecular formula is C8H9O. The molecule has 0 unspecified atom stereocenters. The number of hydrogen-bond donors (Lipinski definition) is 1. The summed E-state index contributed by atoms with van der Waals surface area (Å²) in [6.07, 6.45) is 0. The van der Waals surface area contributed by atoms with Crippen LogP contribution in [0.3, 0.4) is 0 Å². The van der Waals surface area contributed by atoms with Crippen LogP contribution in [0.4, 0.5) is 0 Å². The van der Waals surface area contributed by atoms with Crippen LogP contribution >= 0.6 is 0 Å². The molecule has 0 aliphatic rings. The Labute approximate surface area is 55.0 Å². The second kappa shape index (κ2) is 2.09. The Balaban J connectivity index is 3.17. The van der Waals surface area contributed by atoms with Gasteiger partial charge in [-0.15, -0.1) is 0 Å². The van der Waals surface area contributed by atoms with E-state index in [9.17, 15) is 0 Å². The van der Waals surface area contributed by atoms with Gasteiger partial charge in [0, 0.05) is 0 Å². The Morgan fingerprint density at radius 3 is 2.56 bits per heavy atom. The number of rotatable bonds is 0. The molecule has 0 fully saturated rings. The lowest BCUT2D eigenvalue weighted by Crippen LogP contribution is -1.76. The van der Waals surface area contributed by atoms with Crippen LogP contribution in [0.1, 0.15) is 11.1 Å². The number of hydrogen-bond acceptors (Lipinski definition) is 1. The van der Waals surface area contributed by atoms with Crippen molar-refractivity contribution in [3.63, 3.8) is 0 Å². The average Bonchev–Trinajstić information content (AvgIpc) is 1.80. The molecule has 47 valence electrons. The van der Waals surface area contributed by atoms with Gasteiger partial charge in [-0.3, -0.25) is 0 Å². The first-order valence-corrected chi connectivity index (χ1v) is 2.88. The van der Waals surface area contributed by atoms with E-state index in [0.717, 1.165) is 11.1 Å². The fraction of sp³-hybridized carbons (Fsp3) is 0.250. The normalized spacial score (nSPS) is 9.56. The number of benzene rings is 1. The lowest BCUT2D eigenvalue weighted by Gasteiger charge is -1.96. The highest BCUT2D eigenvalue weighted by atomic mass is 16.3. The summed E-state index contributed by atoms with van der Waals surface area (Å²) < 4.78 is 0. The molecule has 1 heteroatoms. The lowest BCUT2D eigenvalue weighted by molar-refractivity contribution is 0.471. The van der Waals surface area contributed by atoms with E-state index in [2.05, 4.69) is 6.07 Å². The van der Waals surface area contributed by atoms with E-state index < -0.39 is 0 Å². The van der Waals surface area contributed by atoms with Crippen molar-refractivity contribution in [3.05, 3.63) is 29.3 Å². The molecule has 0 amide bonds. The Morgan fingerprint density at radius 2 is 2.11 bits per heavy atom. The molecule has 1 aromatic rings. The molecule has 1 rings (SSSR count). The summed E-state index contributed by atoms with van der Waals surface area (Å²) in [5, 5.41) is 9.01. The summed E-state index contributed by atoms with van der Waals surface area (Å²) in [6.45, 7) is 3.82. The van der Waals surface area contributed by atoms with Crippen molar-refractivity contribution in [1.29, 1.82) is 0 Å². The molecule has 0 atom stereocenters.